The number of nitrogens with zero attached hydrogens (tertiary/aromatic N) is 2. The summed E-state index contributed by atoms with van der Waals surface area (Å²) in [6, 6.07) is 3.89. The van der Waals surface area contributed by atoms with E-state index >= 15 is 0 Å². The number of benzene rings is 1. The van der Waals surface area contributed by atoms with E-state index in [0.29, 0.717) is 18.9 Å². The molecule has 2 heterocycles. The van der Waals surface area contributed by atoms with Crippen molar-refractivity contribution in [3.8, 4) is 11.5 Å². The highest BCUT2D eigenvalue weighted by atomic mass is 16.7. The van der Waals surface area contributed by atoms with Crippen molar-refractivity contribution in [3.63, 3.8) is 0 Å². The van der Waals surface area contributed by atoms with Crippen LogP contribution in [0.25, 0.3) is 11.0 Å². The maximum Gasteiger partial charge on any atom is 0.303 e. The average Bonchev–Trinajstić information content (AvgIpc) is 2.99. The van der Waals surface area contributed by atoms with Gasteiger partial charge in [0.1, 0.15) is 5.82 Å². The highest BCUT2D eigenvalue weighted by Gasteiger charge is 2.27. The fourth-order valence-corrected chi connectivity index (χ4v) is 3.13. The van der Waals surface area contributed by atoms with Crippen LogP contribution in [0.5, 0.6) is 11.5 Å². The first-order valence-corrected chi connectivity index (χ1v) is 7.74. The van der Waals surface area contributed by atoms with Crippen LogP contribution < -0.4 is 9.47 Å². The van der Waals surface area contributed by atoms with Gasteiger partial charge >= 0.3 is 5.97 Å². The van der Waals surface area contributed by atoms with Crippen molar-refractivity contribution in [2.24, 2.45) is 0 Å². The van der Waals surface area contributed by atoms with Crippen molar-refractivity contribution < 1.29 is 19.4 Å². The van der Waals surface area contributed by atoms with Crippen LogP contribution in [0.15, 0.2) is 12.1 Å². The minimum absolute atomic E-state index is 0.175. The van der Waals surface area contributed by atoms with Crippen LogP contribution in [-0.2, 0) is 11.3 Å². The number of fused-ring (bicyclic) bond motifs is 2. The molecule has 0 amide bonds. The topological polar surface area (TPSA) is 73.6 Å². The Kier molecular flexibility index (Phi) is 3.17. The average molecular weight is 302 g/mol. The summed E-state index contributed by atoms with van der Waals surface area (Å²) in [5.74, 6) is 2.30. The minimum atomic E-state index is -0.757. The molecule has 1 aromatic heterocycles. The number of carbonyl (C=O) groups is 1. The van der Waals surface area contributed by atoms with E-state index in [-0.39, 0.29) is 13.2 Å². The minimum Gasteiger partial charge on any atom is -0.481 e. The van der Waals surface area contributed by atoms with Crippen molar-refractivity contribution >= 4 is 17.0 Å². The van der Waals surface area contributed by atoms with E-state index in [1.54, 1.807) is 0 Å². The van der Waals surface area contributed by atoms with E-state index in [4.69, 9.17) is 19.6 Å². The Balaban J connectivity index is 1.73. The first-order chi connectivity index (χ1) is 10.7. The summed E-state index contributed by atoms with van der Waals surface area (Å²) in [5.41, 5.74) is 1.91. The number of carboxylic acid groups (broad SMARTS) is 1. The Hall–Kier alpha value is -2.24. The van der Waals surface area contributed by atoms with Crippen molar-refractivity contribution in [1.29, 1.82) is 0 Å². The van der Waals surface area contributed by atoms with Gasteiger partial charge in [0.15, 0.2) is 11.5 Å². The number of carboxylic acids is 1. The zero-order chi connectivity index (χ0) is 15.1. The van der Waals surface area contributed by atoms with Crippen LogP contribution in [-0.4, -0.2) is 27.4 Å². The Morgan fingerprint density at radius 1 is 1.32 bits per heavy atom. The van der Waals surface area contributed by atoms with Crippen LogP contribution in [0, 0.1) is 0 Å². The molecule has 1 aliphatic heterocycles. The molecule has 2 aromatic rings. The predicted molar refractivity (Wildman–Crippen MR) is 79.3 cm³/mol. The lowest BCUT2D eigenvalue weighted by atomic mass is 9.85. The van der Waals surface area contributed by atoms with Gasteiger partial charge in [-0.25, -0.2) is 4.98 Å². The maximum atomic E-state index is 10.8. The lowest BCUT2D eigenvalue weighted by Crippen LogP contribution is -2.16. The molecular formula is C16H18N2O4. The third kappa shape index (κ3) is 2.19. The fourth-order valence-electron chi connectivity index (χ4n) is 3.13. The molecule has 0 atom stereocenters. The molecule has 1 aromatic carbocycles. The highest BCUT2D eigenvalue weighted by Crippen LogP contribution is 2.40. The molecular weight excluding hydrogens is 284 g/mol. The lowest BCUT2D eigenvalue weighted by molar-refractivity contribution is -0.137. The molecule has 6 heteroatoms. The standard InChI is InChI=1S/C16H18N2O4/c19-15(20)5-2-6-18-12-8-14-13(21-9-22-14)7-11(12)17-16(18)10-3-1-4-10/h7-8,10H,1-6,9H2,(H,19,20). The van der Waals surface area contributed by atoms with Gasteiger partial charge < -0.3 is 19.1 Å². The molecule has 0 spiro atoms. The summed E-state index contributed by atoms with van der Waals surface area (Å²) in [5, 5.41) is 8.86. The quantitative estimate of drug-likeness (QED) is 0.919. The number of aryl methyl sites for hydroxylation is 1. The number of hydrogen-bond acceptors (Lipinski definition) is 4. The zero-order valence-corrected chi connectivity index (χ0v) is 12.2. The zero-order valence-electron chi connectivity index (χ0n) is 12.2. The summed E-state index contributed by atoms with van der Waals surface area (Å²) in [7, 11) is 0. The van der Waals surface area contributed by atoms with E-state index in [2.05, 4.69) is 4.57 Å². The summed E-state index contributed by atoms with van der Waals surface area (Å²) in [4.78, 5) is 15.6. The van der Waals surface area contributed by atoms with Gasteiger partial charge in [-0.15, -0.1) is 0 Å². The molecule has 4 rings (SSSR count). The number of aliphatic carboxylic acids is 1. The molecule has 116 valence electrons. The number of hydrogen-bond donors (Lipinski definition) is 1. The maximum absolute atomic E-state index is 10.8. The molecule has 1 N–H and O–H groups in total. The first-order valence-electron chi connectivity index (χ1n) is 7.74. The van der Waals surface area contributed by atoms with E-state index in [9.17, 15) is 4.79 Å². The molecule has 0 unspecified atom stereocenters. The smallest absolute Gasteiger partial charge is 0.303 e. The summed E-state index contributed by atoms with van der Waals surface area (Å²) in [6.45, 7) is 0.921. The molecule has 0 saturated heterocycles. The molecule has 1 aliphatic carbocycles. The monoisotopic (exact) mass is 302 g/mol. The van der Waals surface area contributed by atoms with Crippen molar-refractivity contribution in [2.75, 3.05) is 6.79 Å². The largest absolute Gasteiger partial charge is 0.481 e. The van der Waals surface area contributed by atoms with Crippen molar-refractivity contribution in [2.45, 2.75) is 44.6 Å². The third-order valence-electron chi connectivity index (χ3n) is 4.51. The SMILES string of the molecule is O=C(O)CCCn1c(C2CCC2)nc2cc3c(cc21)OCO3. The summed E-state index contributed by atoms with van der Waals surface area (Å²) >= 11 is 0. The van der Waals surface area contributed by atoms with Crippen molar-refractivity contribution in [1.82, 2.24) is 9.55 Å². The van der Waals surface area contributed by atoms with Gasteiger partial charge in [-0.05, 0) is 19.3 Å². The second-order valence-corrected chi connectivity index (χ2v) is 5.94. The Bertz CT molecular complexity index is 733. The molecule has 1 fully saturated rings. The second kappa shape index (κ2) is 5.19. The normalized spacial score (nSPS) is 16.9. The van der Waals surface area contributed by atoms with Gasteiger partial charge in [0.05, 0.1) is 11.0 Å². The van der Waals surface area contributed by atoms with Gasteiger partial charge in [-0.1, -0.05) is 6.42 Å². The summed E-state index contributed by atoms with van der Waals surface area (Å²) < 4.78 is 13.0. The van der Waals surface area contributed by atoms with Crippen LogP contribution in [0.1, 0.15) is 43.8 Å². The third-order valence-corrected chi connectivity index (χ3v) is 4.51. The Morgan fingerprint density at radius 3 is 2.77 bits per heavy atom. The van der Waals surface area contributed by atoms with Crippen LogP contribution >= 0.6 is 0 Å². The molecule has 1 saturated carbocycles. The molecule has 22 heavy (non-hydrogen) atoms. The lowest BCUT2D eigenvalue weighted by Gasteiger charge is -2.25. The molecule has 2 aliphatic rings. The van der Waals surface area contributed by atoms with E-state index in [1.807, 2.05) is 12.1 Å². The number of imidazole rings is 1. The summed E-state index contributed by atoms with van der Waals surface area (Å²) in [6.07, 6.45) is 4.35. The number of rotatable bonds is 5. The predicted octanol–water partition coefficient (Wildman–Crippen LogP) is 2.90. The Labute approximate surface area is 127 Å². The fraction of sp³-hybridized carbons (Fsp3) is 0.500. The van der Waals surface area contributed by atoms with Gasteiger partial charge in [-0.3, -0.25) is 4.79 Å². The van der Waals surface area contributed by atoms with Crippen LogP contribution in [0.2, 0.25) is 0 Å². The van der Waals surface area contributed by atoms with E-state index in [0.717, 1.165) is 41.2 Å². The number of aromatic nitrogens is 2. The van der Waals surface area contributed by atoms with Gasteiger partial charge in [0.2, 0.25) is 6.79 Å². The van der Waals surface area contributed by atoms with Gasteiger partial charge in [-0.2, -0.15) is 0 Å². The molecule has 0 bridgehead atoms. The van der Waals surface area contributed by atoms with Gasteiger partial charge in [0, 0.05) is 31.0 Å². The first kappa shape index (κ1) is 13.4. The van der Waals surface area contributed by atoms with Gasteiger partial charge in [0.25, 0.3) is 0 Å². The Morgan fingerprint density at radius 2 is 2.09 bits per heavy atom. The number of ether oxygens (including phenoxy) is 2. The van der Waals surface area contributed by atoms with E-state index in [1.165, 1.54) is 6.42 Å². The molecule has 6 nitrogen and oxygen atoms in total. The second-order valence-electron chi connectivity index (χ2n) is 5.94. The van der Waals surface area contributed by atoms with Crippen molar-refractivity contribution in [3.05, 3.63) is 18.0 Å². The van der Waals surface area contributed by atoms with Crippen LogP contribution in [0.4, 0.5) is 0 Å². The highest BCUT2D eigenvalue weighted by molar-refractivity contribution is 5.81. The van der Waals surface area contributed by atoms with E-state index < -0.39 is 5.97 Å². The van der Waals surface area contributed by atoms with Crippen LogP contribution in [0.3, 0.4) is 0 Å². The molecule has 0 radical (unpaired) electrons.